The van der Waals surface area contributed by atoms with Crippen LogP contribution >= 0.6 is 7.82 Å². The summed E-state index contributed by atoms with van der Waals surface area (Å²) in [5, 5.41) is 8.83. The van der Waals surface area contributed by atoms with Gasteiger partial charge in [-0.15, -0.1) is 0 Å². The quantitative estimate of drug-likeness (QED) is 0.0265. The van der Waals surface area contributed by atoms with E-state index in [2.05, 4.69) is 30.5 Å². The Labute approximate surface area is 278 Å². The standard InChI is InChI=1S/C34H64NO10P/c1-3-5-7-9-11-13-14-15-16-18-20-22-24-26-33(37)45-30(28-43-46(40,41)44-29-31(35)34(38)39)27-42-32(36)25-23-21-19-17-12-10-8-6-4-2/h13-14,30-31H,3-12,15-29,35H2,1-2H3,(H,38,39)(H,40,41)/b14-13-/t30-,31+/m1/s1. The lowest BCUT2D eigenvalue weighted by Gasteiger charge is -2.20. The fraction of sp³-hybridized carbons (Fsp3) is 0.853. The van der Waals surface area contributed by atoms with Crippen LogP contribution in [0.3, 0.4) is 0 Å². The zero-order chi connectivity index (χ0) is 34.3. The number of nitrogens with two attached hydrogens (primary N) is 1. The maximum Gasteiger partial charge on any atom is 0.472 e. The van der Waals surface area contributed by atoms with E-state index in [-0.39, 0.29) is 19.4 Å². The molecule has 1 unspecified atom stereocenters. The number of carboxylic acids is 1. The van der Waals surface area contributed by atoms with Crippen molar-refractivity contribution in [3.63, 3.8) is 0 Å². The molecule has 0 heterocycles. The van der Waals surface area contributed by atoms with Gasteiger partial charge < -0.3 is 25.2 Å². The number of carbonyl (C=O) groups excluding carboxylic acids is 2. The summed E-state index contributed by atoms with van der Waals surface area (Å²) in [5.41, 5.74) is 5.30. The maximum atomic E-state index is 12.5. The number of aliphatic carboxylic acids is 1. The fourth-order valence-electron chi connectivity index (χ4n) is 4.65. The van der Waals surface area contributed by atoms with Crippen molar-refractivity contribution >= 4 is 25.7 Å². The van der Waals surface area contributed by atoms with Crippen molar-refractivity contribution in [2.45, 2.75) is 167 Å². The second kappa shape index (κ2) is 30.5. The Morgan fingerprint density at radius 1 is 0.652 bits per heavy atom. The van der Waals surface area contributed by atoms with Gasteiger partial charge in [-0.1, -0.05) is 116 Å². The Hall–Kier alpha value is -1.78. The number of ether oxygens (including phenoxy) is 2. The van der Waals surface area contributed by atoms with Crippen molar-refractivity contribution < 1.29 is 47.5 Å². The van der Waals surface area contributed by atoms with E-state index in [0.717, 1.165) is 57.8 Å². The van der Waals surface area contributed by atoms with Crippen LogP contribution in [-0.2, 0) is 37.5 Å². The van der Waals surface area contributed by atoms with Crippen molar-refractivity contribution in [2.24, 2.45) is 5.73 Å². The molecule has 0 aromatic heterocycles. The number of rotatable bonds is 33. The van der Waals surface area contributed by atoms with Crippen molar-refractivity contribution in [3.8, 4) is 0 Å². The number of phosphoric acid groups is 1. The van der Waals surface area contributed by atoms with Crippen LogP contribution in [0.5, 0.6) is 0 Å². The third-order valence-electron chi connectivity index (χ3n) is 7.51. The highest BCUT2D eigenvalue weighted by atomic mass is 31.2. The molecule has 0 fully saturated rings. The molecule has 0 aromatic carbocycles. The van der Waals surface area contributed by atoms with Crippen LogP contribution in [0.25, 0.3) is 0 Å². The average Bonchev–Trinajstić information content (AvgIpc) is 3.02. The summed E-state index contributed by atoms with van der Waals surface area (Å²) in [6.07, 6.45) is 25.8. The first-order valence-corrected chi connectivity index (χ1v) is 19.2. The molecular weight excluding hydrogens is 613 g/mol. The van der Waals surface area contributed by atoms with Gasteiger partial charge in [0.15, 0.2) is 6.10 Å². The molecule has 0 rings (SSSR count). The zero-order valence-corrected chi connectivity index (χ0v) is 29.6. The molecule has 270 valence electrons. The lowest BCUT2D eigenvalue weighted by Crippen LogP contribution is -2.34. The predicted molar refractivity (Wildman–Crippen MR) is 180 cm³/mol. The van der Waals surface area contributed by atoms with Crippen LogP contribution in [0.4, 0.5) is 0 Å². The molecule has 3 atom stereocenters. The molecule has 0 saturated heterocycles. The number of hydrogen-bond donors (Lipinski definition) is 3. The summed E-state index contributed by atoms with van der Waals surface area (Å²) in [6, 6.07) is -1.52. The van der Waals surface area contributed by atoms with E-state index >= 15 is 0 Å². The lowest BCUT2D eigenvalue weighted by atomic mass is 10.1. The molecule has 0 aliphatic rings. The third-order valence-corrected chi connectivity index (χ3v) is 8.46. The molecule has 0 spiro atoms. The Bertz CT molecular complexity index is 854. The Morgan fingerprint density at radius 2 is 1.09 bits per heavy atom. The van der Waals surface area contributed by atoms with Gasteiger partial charge in [-0.2, -0.15) is 0 Å². The topological polar surface area (TPSA) is 172 Å². The predicted octanol–water partition coefficient (Wildman–Crippen LogP) is 8.17. The first-order valence-electron chi connectivity index (χ1n) is 17.7. The summed E-state index contributed by atoms with van der Waals surface area (Å²) >= 11 is 0. The highest BCUT2D eigenvalue weighted by Crippen LogP contribution is 2.43. The Balaban J connectivity index is 4.49. The molecule has 0 radical (unpaired) electrons. The van der Waals surface area contributed by atoms with Crippen molar-refractivity contribution in [3.05, 3.63) is 12.2 Å². The van der Waals surface area contributed by atoms with Crippen molar-refractivity contribution in [2.75, 3.05) is 19.8 Å². The third kappa shape index (κ3) is 29.6. The Morgan fingerprint density at radius 3 is 1.61 bits per heavy atom. The molecule has 46 heavy (non-hydrogen) atoms. The molecule has 0 aliphatic heterocycles. The van der Waals surface area contributed by atoms with Crippen LogP contribution in [0.1, 0.15) is 155 Å². The van der Waals surface area contributed by atoms with Crippen molar-refractivity contribution in [1.29, 1.82) is 0 Å². The SMILES string of the molecule is CCCCCC/C=C\CCCCCCCC(=O)O[C@H](COC(=O)CCCCCCCCCCC)COP(=O)(O)OC[C@H](N)C(=O)O. The van der Waals surface area contributed by atoms with Gasteiger partial charge in [0.2, 0.25) is 0 Å². The number of allylic oxidation sites excluding steroid dienone is 2. The zero-order valence-electron chi connectivity index (χ0n) is 28.7. The average molecular weight is 678 g/mol. The van der Waals surface area contributed by atoms with Crippen LogP contribution in [0.15, 0.2) is 12.2 Å². The minimum absolute atomic E-state index is 0.154. The molecule has 4 N–H and O–H groups in total. The monoisotopic (exact) mass is 677 g/mol. The summed E-state index contributed by atoms with van der Waals surface area (Å²) < 4.78 is 32.4. The maximum absolute atomic E-state index is 12.5. The summed E-state index contributed by atoms with van der Waals surface area (Å²) in [4.78, 5) is 45.5. The Kier molecular flexibility index (Phi) is 29.4. The highest BCUT2D eigenvalue weighted by molar-refractivity contribution is 7.47. The molecule has 0 saturated carbocycles. The largest absolute Gasteiger partial charge is 0.480 e. The number of carbonyl (C=O) groups is 3. The summed E-state index contributed by atoms with van der Waals surface area (Å²) in [6.45, 7) is 2.72. The molecule has 0 bridgehead atoms. The van der Waals surface area contributed by atoms with Gasteiger partial charge in [0.25, 0.3) is 0 Å². The van der Waals surface area contributed by atoms with Gasteiger partial charge in [0.05, 0.1) is 13.2 Å². The van der Waals surface area contributed by atoms with E-state index in [0.29, 0.717) is 12.8 Å². The molecule has 0 aromatic rings. The fourth-order valence-corrected chi connectivity index (χ4v) is 5.42. The second-order valence-electron chi connectivity index (χ2n) is 12.0. The van der Waals surface area contributed by atoms with Gasteiger partial charge in [-0.25, -0.2) is 4.57 Å². The highest BCUT2D eigenvalue weighted by Gasteiger charge is 2.28. The summed E-state index contributed by atoms with van der Waals surface area (Å²) in [5.74, 6) is -2.39. The molecule has 12 heteroatoms. The molecule has 11 nitrogen and oxygen atoms in total. The van der Waals surface area contributed by atoms with Gasteiger partial charge in [0, 0.05) is 12.8 Å². The number of hydrogen-bond acceptors (Lipinski definition) is 9. The first-order chi connectivity index (χ1) is 22.1. The van der Waals surface area contributed by atoms with Gasteiger partial charge >= 0.3 is 25.7 Å². The van der Waals surface area contributed by atoms with Gasteiger partial charge in [-0.05, 0) is 38.5 Å². The van der Waals surface area contributed by atoms with E-state index in [1.807, 2.05) is 0 Å². The van der Waals surface area contributed by atoms with Crippen molar-refractivity contribution in [1.82, 2.24) is 0 Å². The number of esters is 2. The van der Waals surface area contributed by atoms with E-state index in [1.165, 1.54) is 57.8 Å². The van der Waals surface area contributed by atoms with E-state index < -0.39 is 51.1 Å². The molecular formula is C34H64NO10P. The van der Waals surface area contributed by atoms with Crippen LogP contribution in [0.2, 0.25) is 0 Å². The molecule has 0 amide bonds. The van der Waals surface area contributed by atoms with E-state index in [9.17, 15) is 23.8 Å². The minimum Gasteiger partial charge on any atom is -0.480 e. The smallest absolute Gasteiger partial charge is 0.472 e. The minimum atomic E-state index is -4.70. The number of carboxylic acid groups (broad SMARTS) is 1. The number of phosphoric ester groups is 1. The van der Waals surface area contributed by atoms with Crippen LogP contribution < -0.4 is 5.73 Å². The first kappa shape index (κ1) is 44.2. The number of unbranched alkanes of at least 4 members (excludes halogenated alkanes) is 17. The van der Waals surface area contributed by atoms with E-state index in [1.54, 1.807) is 0 Å². The molecule has 0 aliphatic carbocycles. The van der Waals surface area contributed by atoms with Gasteiger partial charge in [0.1, 0.15) is 12.6 Å². The normalized spacial score (nSPS) is 14.2. The second-order valence-corrected chi connectivity index (χ2v) is 13.5. The summed E-state index contributed by atoms with van der Waals surface area (Å²) in [7, 11) is -4.70. The van der Waals surface area contributed by atoms with Gasteiger partial charge in [-0.3, -0.25) is 23.4 Å². The van der Waals surface area contributed by atoms with Crippen LogP contribution in [0, 0.1) is 0 Å². The lowest BCUT2D eigenvalue weighted by molar-refractivity contribution is -0.161. The van der Waals surface area contributed by atoms with Crippen LogP contribution in [-0.4, -0.2) is 59.9 Å². The van der Waals surface area contributed by atoms with E-state index in [4.69, 9.17) is 24.8 Å².